The SMILES string of the molecule is CC(C(=O)O)N(C)CCc1ccc2c(c1)CCCC2. The molecule has 0 saturated carbocycles. The fourth-order valence-corrected chi connectivity index (χ4v) is 2.63. The Morgan fingerprint density at radius 1 is 1.32 bits per heavy atom. The molecule has 0 spiro atoms. The zero-order valence-corrected chi connectivity index (χ0v) is 11.9. The van der Waals surface area contributed by atoms with Gasteiger partial charge < -0.3 is 5.11 Å². The van der Waals surface area contributed by atoms with Crippen molar-refractivity contribution in [2.45, 2.75) is 45.1 Å². The first-order valence-electron chi connectivity index (χ1n) is 7.11. The maximum atomic E-state index is 10.9. The summed E-state index contributed by atoms with van der Waals surface area (Å²) in [4.78, 5) is 12.8. The Balaban J connectivity index is 1.94. The monoisotopic (exact) mass is 261 g/mol. The van der Waals surface area contributed by atoms with Crippen LogP contribution in [0.2, 0.25) is 0 Å². The number of rotatable bonds is 5. The molecule has 1 aliphatic rings. The molecule has 3 heteroatoms. The van der Waals surface area contributed by atoms with Gasteiger partial charge in [0.15, 0.2) is 0 Å². The average Bonchev–Trinajstić information content (AvgIpc) is 2.43. The predicted octanol–water partition coefficient (Wildman–Crippen LogP) is 2.51. The van der Waals surface area contributed by atoms with Crippen molar-refractivity contribution in [2.75, 3.05) is 13.6 Å². The van der Waals surface area contributed by atoms with Crippen molar-refractivity contribution < 1.29 is 9.90 Å². The summed E-state index contributed by atoms with van der Waals surface area (Å²) >= 11 is 0. The van der Waals surface area contributed by atoms with Crippen molar-refractivity contribution in [3.63, 3.8) is 0 Å². The topological polar surface area (TPSA) is 40.5 Å². The molecule has 0 aliphatic heterocycles. The molecule has 1 N–H and O–H groups in total. The van der Waals surface area contributed by atoms with Gasteiger partial charge in [0.2, 0.25) is 0 Å². The van der Waals surface area contributed by atoms with Gasteiger partial charge in [-0.05, 0) is 62.8 Å². The van der Waals surface area contributed by atoms with Crippen LogP contribution in [0.1, 0.15) is 36.5 Å². The third-order valence-electron chi connectivity index (χ3n) is 4.18. The predicted molar refractivity (Wildman–Crippen MR) is 76.5 cm³/mol. The van der Waals surface area contributed by atoms with E-state index in [9.17, 15) is 4.79 Å². The summed E-state index contributed by atoms with van der Waals surface area (Å²) in [6.07, 6.45) is 5.94. The maximum Gasteiger partial charge on any atom is 0.320 e. The number of benzene rings is 1. The van der Waals surface area contributed by atoms with Crippen LogP contribution >= 0.6 is 0 Å². The largest absolute Gasteiger partial charge is 0.480 e. The van der Waals surface area contributed by atoms with Gasteiger partial charge in [-0.1, -0.05) is 18.2 Å². The molecule has 1 aliphatic carbocycles. The number of hydrogen-bond acceptors (Lipinski definition) is 2. The fourth-order valence-electron chi connectivity index (χ4n) is 2.63. The summed E-state index contributed by atoms with van der Waals surface area (Å²) in [5, 5.41) is 8.97. The highest BCUT2D eigenvalue weighted by molar-refractivity contribution is 5.72. The molecule has 1 aromatic carbocycles. The maximum absolute atomic E-state index is 10.9. The Kier molecular flexibility index (Phi) is 4.59. The molecule has 1 unspecified atom stereocenters. The van der Waals surface area contributed by atoms with Crippen LogP contribution in [0.5, 0.6) is 0 Å². The van der Waals surface area contributed by atoms with Crippen LogP contribution in [0.3, 0.4) is 0 Å². The highest BCUT2D eigenvalue weighted by atomic mass is 16.4. The van der Waals surface area contributed by atoms with E-state index >= 15 is 0 Å². The van der Waals surface area contributed by atoms with Gasteiger partial charge in [0.25, 0.3) is 0 Å². The molecule has 1 aromatic rings. The number of carbonyl (C=O) groups is 1. The lowest BCUT2D eigenvalue weighted by molar-refractivity contribution is -0.142. The molecule has 0 amide bonds. The Bertz CT molecular complexity index is 456. The first-order chi connectivity index (χ1) is 9.08. The van der Waals surface area contributed by atoms with E-state index in [4.69, 9.17) is 5.11 Å². The normalized spacial score (nSPS) is 16.2. The van der Waals surface area contributed by atoms with Crippen LogP contribution in [-0.4, -0.2) is 35.6 Å². The summed E-state index contributed by atoms with van der Waals surface area (Å²) in [5.74, 6) is -0.757. The number of fused-ring (bicyclic) bond motifs is 1. The van der Waals surface area contributed by atoms with Gasteiger partial charge in [0.1, 0.15) is 6.04 Å². The molecule has 104 valence electrons. The van der Waals surface area contributed by atoms with Gasteiger partial charge in [-0.15, -0.1) is 0 Å². The van der Waals surface area contributed by atoms with E-state index in [1.54, 1.807) is 6.92 Å². The third-order valence-corrected chi connectivity index (χ3v) is 4.18. The lowest BCUT2D eigenvalue weighted by Gasteiger charge is -2.22. The molecule has 0 saturated heterocycles. The Morgan fingerprint density at radius 3 is 2.68 bits per heavy atom. The summed E-state index contributed by atoms with van der Waals surface area (Å²) in [7, 11) is 1.87. The fraction of sp³-hybridized carbons (Fsp3) is 0.562. The third kappa shape index (κ3) is 3.57. The molecule has 0 heterocycles. The van der Waals surface area contributed by atoms with Crippen molar-refractivity contribution in [3.8, 4) is 0 Å². The van der Waals surface area contributed by atoms with Crippen LogP contribution in [-0.2, 0) is 24.1 Å². The molecular formula is C16H23NO2. The van der Waals surface area contributed by atoms with E-state index in [2.05, 4.69) is 18.2 Å². The van der Waals surface area contributed by atoms with E-state index in [1.807, 2.05) is 11.9 Å². The van der Waals surface area contributed by atoms with Crippen molar-refractivity contribution >= 4 is 5.97 Å². The number of carboxylic acids is 1. The van der Waals surface area contributed by atoms with Crippen LogP contribution < -0.4 is 0 Å². The molecule has 1 atom stereocenters. The zero-order valence-electron chi connectivity index (χ0n) is 11.9. The van der Waals surface area contributed by atoms with Gasteiger partial charge in [-0.3, -0.25) is 9.69 Å². The number of nitrogens with zero attached hydrogens (tertiary/aromatic N) is 1. The van der Waals surface area contributed by atoms with Gasteiger partial charge in [0, 0.05) is 6.54 Å². The minimum atomic E-state index is -0.757. The summed E-state index contributed by atoms with van der Waals surface area (Å²) in [5.41, 5.74) is 4.32. The van der Waals surface area contributed by atoms with Gasteiger partial charge in [0.05, 0.1) is 0 Å². The molecule has 0 bridgehead atoms. The molecule has 19 heavy (non-hydrogen) atoms. The number of aryl methyl sites for hydroxylation is 2. The van der Waals surface area contributed by atoms with Gasteiger partial charge in [-0.2, -0.15) is 0 Å². The van der Waals surface area contributed by atoms with Crippen molar-refractivity contribution in [1.82, 2.24) is 4.90 Å². The second-order valence-electron chi connectivity index (χ2n) is 5.55. The Morgan fingerprint density at radius 2 is 2.00 bits per heavy atom. The Hall–Kier alpha value is -1.35. The first kappa shape index (κ1) is 14.1. The van der Waals surface area contributed by atoms with Crippen LogP contribution in [0.4, 0.5) is 0 Å². The second-order valence-corrected chi connectivity index (χ2v) is 5.55. The molecule has 0 aromatic heterocycles. The minimum absolute atomic E-state index is 0.419. The van der Waals surface area contributed by atoms with Crippen molar-refractivity contribution in [3.05, 3.63) is 34.9 Å². The van der Waals surface area contributed by atoms with E-state index in [-0.39, 0.29) is 0 Å². The number of aliphatic carboxylic acids is 1. The highest BCUT2D eigenvalue weighted by Gasteiger charge is 2.16. The quantitative estimate of drug-likeness (QED) is 0.885. The highest BCUT2D eigenvalue weighted by Crippen LogP contribution is 2.22. The van der Waals surface area contributed by atoms with Gasteiger partial charge >= 0.3 is 5.97 Å². The van der Waals surface area contributed by atoms with E-state index in [0.717, 1.165) is 13.0 Å². The van der Waals surface area contributed by atoms with E-state index in [0.29, 0.717) is 0 Å². The summed E-state index contributed by atoms with van der Waals surface area (Å²) in [6.45, 7) is 2.52. The standard InChI is InChI=1S/C16H23NO2/c1-12(16(18)19)17(2)10-9-13-7-8-14-5-3-4-6-15(14)11-13/h7-8,11-12H,3-6,9-10H2,1-2H3,(H,18,19). The molecule has 2 rings (SSSR count). The Labute approximate surface area is 115 Å². The molecular weight excluding hydrogens is 238 g/mol. The van der Waals surface area contributed by atoms with Crippen LogP contribution in [0.25, 0.3) is 0 Å². The average molecular weight is 261 g/mol. The lowest BCUT2D eigenvalue weighted by Crippen LogP contribution is -2.37. The van der Waals surface area contributed by atoms with Crippen LogP contribution in [0, 0.1) is 0 Å². The number of likely N-dealkylation sites (N-methyl/N-ethyl adjacent to an activating group) is 1. The van der Waals surface area contributed by atoms with E-state index < -0.39 is 12.0 Å². The molecule has 0 fully saturated rings. The zero-order chi connectivity index (χ0) is 13.8. The van der Waals surface area contributed by atoms with Crippen molar-refractivity contribution in [2.24, 2.45) is 0 Å². The minimum Gasteiger partial charge on any atom is -0.480 e. The van der Waals surface area contributed by atoms with Crippen LogP contribution in [0.15, 0.2) is 18.2 Å². The second kappa shape index (κ2) is 6.20. The van der Waals surface area contributed by atoms with Crippen molar-refractivity contribution in [1.29, 1.82) is 0 Å². The lowest BCUT2D eigenvalue weighted by atomic mass is 9.90. The molecule has 3 nitrogen and oxygen atoms in total. The van der Waals surface area contributed by atoms with Gasteiger partial charge in [-0.25, -0.2) is 0 Å². The molecule has 0 radical (unpaired) electrons. The number of carboxylic acid groups (broad SMARTS) is 1. The van der Waals surface area contributed by atoms with E-state index in [1.165, 1.54) is 42.4 Å². The summed E-state index contributed by atoms with van der Waals surface area (Å²) < 4.78 is 0. The number of hydrogen-bond donors (Lipinski definition) is 1. The summed E-state index contributed by atoms with van der Waals surface area (Å²) in [6, 6.07) is 6.35. The smallest absolute Gasteiger partial charge is 0.320 e. The first-order valence-corrected chi connectivity index (χ1v) is 7.11.